The normalized spacial score (nSPS) is 11.6. The molecule has 0 aliphatic rings. The molecule has 0 aliphatic carbocycles. The smallest absolute Gasteiger partial charge is 0.220 e. The van der Waals surface area contributed by atoms with E-state index in [1.54, 1.807) is 0 Å². The number of unbranched alkanes of at least 4 members (excludes halogenated alkanes) is 1. The Morgan fingerprint density at radius 1 is 1.53 bits per heavy atom. The number of nitrogens with one attached hydrogen (secondary N) is 1. The maximum Gasteiger partial charge on any atom is 0.220 e. The monoisotopic (exact) mass is 210 g/mol. The van der Waals surface area contributed by atoms with Crippen LogP contribution in [0.5, 0.6) is 0 Å². The van der Waals surface area contributed by atoms with Crippen LogP contribution in [0.1, 0.15) is 40.0 Å². The fourth-order valence-corrected chi connectivity index (χ4v) is 1.09. The SMILES string of the molecule is C=C(C)/C(N)=C\CCCC(=O)NC(C)C. The van der Waals surface area contributed by atoms with Crippen LogP contribution in [-0.2, 0) is 4.79 Å². The molecule has 0 rings (SSSR count). The molecule has 0 bridgehead atoms. The number of carbonyl (C=O) groups excluding carboxylic acids is 1. The highest BCUT2D eigenvalue weighted by atomic mass is 16.1. The Morgan fingerprint density at radius 3 is 2.60 bits per heavy atom. The lowest BCUT2D eigenvalue weighted by Crippen LogP contribution is -2.29. The highest BCUT2D eigenvalue weighted by Gasteiger charge is 2.01. The third kappa shape index (κ3) is 7.79. The van der Waals surface area contributed by atoms with E-state index >= 15 is 0 Å². The Hall–Kier alpha value is -1.25. The summed E-state index contributed by atoms with van der Waals surface area (Å²) in [5.74, 6) is 0.104. The second-order valence-electron chi connectivity index (χ2n) is 4.05. The first-order valence-electron chi connectivity index (χ1n) is 5.34. The van der Waals surface area contributed by atoms with Crippen molar-refractivity contribution in [1.82, 2.24) is 5.32 Å². The Labute approximate surface area is 92.4 Å². The van der Waals surface area contributed by atoms with Gasteiger partial charge in [0.25, 0.3) is 0 Å². The molecule has 0 aliphatic heterocycles. The van der Waals surface area contributed by atoms with Gasteiger partial charge >= 0.3 is 0 Å². The molecule has 0 aromatic carbocycles. The van der Waals surface area contributed by atoms with E-state index in [4.69, 9.17) is 5.73 Å². The van der Waals surface area contributed by atoms with Crippen LogP contribution < -0.4 is 11.1 Å². The second-order valence-corrected chi connectivity index (χ2v) is 4.05. The van der Waals surface area contributed by atoms with Crippen molar-refractivity contribution >= 4 is 5.91 Å². The summed E-state index contributed by atoms with van der Waals surface area (Å²) in [5, 5.41) is 2.85. The third-order valence-corrected chi connectivity index (χ3v) is 1.91. The van der Waals surface area contributed by atoms with E-state index in [2.05, 4.69) is 11.9 Å². The molecule has 15 heavy (non-hydrogen) atoms. The fraction of sp³-hybridized carbons (Fsp3) is 0.583. The van der Waals surface area contributed by atoms with Gasteiger partial charge in [-0.3, -0.25) is 4.79 Å². The van der Waals surface area contributed by atoms with Gasteiger partial charge in [-0.05, 0) is 39.2 Å². The maximum absolute atomic E-state index is 11.3. The van der Waals surface area contributed by atoms with Crippen molar-refractivity contribution in [1.29, 1.82) is 0 Å². The number of rotatable bonds is 6. The minimum Gasteiger partial charge on any atom is -0.399 e. The van der Waals surface area contributed by atoms with E-state index in [1.807, 2.05) is 26.8 Å². The zero-order chi connectivity index (χ0) is 11.8. The van der Waals surface area contributed by atoms with E-state index < -0.39 is 0 Å². The molecule has 0 saturated heterocycles. The fourth-order valence-electron chi connectivity index (χ4n) is 1.09. The summed E-state index contributed by atoms with van der Waals surface area (Å²) in [7, 11) is 0. The Morgan fingerprint density at radius 2 is 2.13 bits per heavy atom. The van der Waals surface area contributed by atoms with Crippen molar-refractivity contribution in [2.45, 2.75) is 46.1 Å². The highest BCUT2D eigenvalue weighted by molar-refractivity contribution is 5.76. The molecule has 3 nitrogen and oxygen atoms in total. The van der Waals surface area contributed by atoms with E-state index in [0.717, 1.165) is 24.1 Å². The minimum absolute atomic E-state index is 0.104. The molecule has 3 heteroatoms. The van der Waals surface area contributed by atoms with Crippen LogP contribution in [0, 0.1) is 0 Å². The predicted octanol–water partition coefficient (Wildman–Crippen LogP) is 2.10. The van der Waals surface area contributed by atoms with Crippen molar-refractivity contribution in [3.63, 3.8) is 0 Å². The van der Waals surface area contributed by atoms with Crippen LogP contribution >= 0.6 is 0 Å². The first kappa shape index (κ1) is 13.8. The largest absolute Gasteiger partial charge is 0.399 e. The molecule has 0 atom stereocenters. The highest BCUT2D eigenvalue weighted by Crippen LogP contribution is 2.03. The van der Waals surface area contributed by atoms with Gasteiger partial charge in [0, 0.05) is 18.2 Å². The lowest BCUT2D eigenvalue weighted by molar-refractivity contribution is -0.121. The predicted molar refractivity (Wildman–Crippen MR) is 64.2 cm³/mol. The summed E-state index contributed by atoms with van der Waals surface area (Å²) < 4.78 is 0. The average molecular weight is 210 g/mol. The van der Waals surface area contributed by atoms with Crippen molar-refractivity contribution < 1.29 is 4.79 Å². The summed E-state index contributed by atoms with van der Waals surface area (Å²) in [5.41, 5.74) is 7.27. The number of hydrogen-bond donors (Lipinski definition) is 2. The molecular weight excluding hydrogens is 188 g/mol. The topological polar surface area (TPSA) is 55.1 Å². The summed E-state index contributed by atoms with van der Waals surface area (Å²) >= 11 is 0. The second kappa shape index (κ2) is 7.10. The summed E-state index contributed by atoms with van der Waals surface area (Å²) in [6.45, 7) is 9.52. The van der Waals surface area contributed by atoms with Crippen LogP contribution in [0.4, 0.5) is 0 Å². The first-order chi connectivity index (χ1) is 6.93. The Bertz CT molecular complexity index is 254. The molecular formula is C12H22N2O. The van der Waals surface area contributed by atoms with Gasteiger partial charge in [0.15, 0.2) is 0 Å². The average Bonchev–Trinajstić information content (AvgIpc) is 2.10. The standard InChI is InChI=1S/C12H22N2O/c1-9(2)11(13)7-5-6-8-12(15)14-10(3)4/h7,10H,1,5-6,8,13H2,2-4H3,(H,14,15)/b11-7+. The van der Waals surface area contributed by atoms with Gasteiger partial charge in [-0.2, -0.15) is 0 Å². The van der Waals surface area contributed by atoms with Crippen molar-refractivity contribution in [2.24, 2.45) is 5.73 Å². The quantitative estimate of drug-likeness (QED) is 0.521. The van der Waals surface area contributed by atoms with Gasteiger partial charge in [0.2, 0.25) is 5.91 Å². The molecule has 0 radical (unpaired) electrons. The molecule has 0 heterocycles. The number of carbonyl (C=O) groups is 1. The van der Waals surface area contributed by atoms with E-state index in [0.29, 0.717) is 6.42 Å². The summed E-state index contributed by atoms with van der Waals surface area (Å²) in [4.78, 5) is 11.3. The molecule has 0 fully saturated rings. The molecule has 3 N–H and O–H groups in total. The molecule has 0 unspecified atom stereocenters. The van der Waals surface area contributed by atoms with Crippen LogP contribution in [-0.4, -0.2) is 11.9 Å². The molecule has 86 valence electrons. The van der Waals surface area contributed by atoms with Crippen LogP contribution in [0.2, 0.25) is 0 Å². The molecule has 0 aromatic rings. The van der Waals surface area contributed by atoms with E-state index in [-0.39, 0.29) is 11.9 Å². The minimum atomic E-state index is 0.104. The van der Waals surface area contributed by atoms with Gasteiger partial charge in [-0.15, -0.1) is 0 Å². The van der Waals surface area contributed by atoms with Crippen molar-refractivity contribution in [3.05, 3.63) is 23.9 Å². The van der Waals surface area contributed by atoms with Gasteiger partial charge in [-0.1, -0.05) is 12.7 Å². The molecule has 1 amide bonds. The van der Waals surface area contributed by atoms with Crippen molar-refractivity contribution in [3.8, 4) is 0 Å². The lowest BCUT2D eigenvalue weighted by Gasteiger charge is -2.07. The first-order valence-corrected chi connectivity index (χ1v) is 5.34. The van der Waals surface area contributed by atoms with Gasteiger partial charge in [0.1, 0.15) is 0 Å². The zero-order valence-corrected chi connectivity index (χ0v) is 9.97. The van der Waals surface area contributed by atoms with Crippen molar-refractivity contribution in [2.75, 3.05) is 0 Å². The lowest BCUT2D eigenvalue weighted by atomic mass is 10.1. The molecule has 0 saturated carbocycles. The number of nitrogens with two attached hydrogens (primary N) is 1. The van der Waals surface area contributed by atoms with Crippen LogP contribution in [0.15, 0.2) is 23.9 Å². The van der Waals surface area contributed by atoms with Crippen LogP contribution in [0.3, 0.4) is 0 Å². The van der Waals surface area contributed by atoms with Gasteiger partial charge < -0.3 is 11.1 Å². The third-order valence-electron chi connectivity index (χ3n) is 1.91. The maximum atomic E-state index is 11.3. The number of allylic oxidation sites excluding steroid dienone is 2. The van der Waals surface area contributed by atoms with Gasteiger partial charge in [-0.25, -0.2) is 0 Å². The van der Waals surface area contributed by atoms with E-state index in [9.17, 15) is 4.79 Å². The summed E-state index contributed by atoms with van der Waals surface area (Å²) in [6, 6.07) is 0.216. The number of amides is 1. The summed E-state index contributed by atoms with van der Waals surface area (Å²) in [6.07, 6.45) is 4.12. The molecule has 0 spiro atoms. The van der Waals surface area contributed by atoms with Gasteiger partial charge in [0.05, 0.1) is 0 Å². The number of hydrogen-bond acceptors (Lipinski definition) is 2. The van der Waals surface area contributed by atoms with E-state index in [1.165, 1.54) is 0 Å². The molecule has 0 aromatic heterocycles. The Balaban J connectivity index is 3.67. The zero-order valence-electron chi connectivity index (χ0n) is 9.97. The van der Waals surface area contributed by atoms with Crippen LogP contribution in [0.25, 0.3) is 0 Å². The Kier molecular flexibility index (Phi) is 6.50.